The van der Waals surface area contributed by atoms with Gasteiger partial charge in [-0.2, -0.15) is 18.3 Å². The normalized spacial score (nSPS) is 20.0. The number of carbonyl (C=O) groups excluding carboxylic acids is 1. The zero-order valence-corrected chi connectivity index (χ0v) is 15.7. The summed E-state index contributed by atoms with van der Waals surface area (Å²) in [7, 11) is 0. The molecule has 5 nitrogen and oxygen atoms in total. The van der Waals surface area contributed by atoms with Gasteiger partial charge in [-0.3, -0.25) is 0 Å². The molecule has 0 aliphatic carbocycles. The van der Waals surface area contributed by atoms with Gasteiger partial charge in [-0.25, -0.2) is 9.48 Å². The van der Waals surface area contributed by atoms with E-state index >= 15 is 0 Å². The van der Waals surface area contributed by atoms with Crippen LogP contribution in [0.5, 0.6) is 0 Å². The maximum Gasteiger partial charge on any atom is 0.410 e. The maximum absolute atomic E-state index is 13.6. The van der Waals surface area contributed by atoms with Crippen LogP contribution < -0.4 is 5.32 Å². The molecule has 2 unspecified atom stereocenters. The van der Waals surface area contributed by atoms with E-state index in [2.05, 4.69) is 10.4 Å². The molecule has 0 radical (unpaired) electrons. The summed E-state index contributed by atoms with van der Waals surface area (Å²) in [5.74, 6) is -0.730. The average Bonchev–Trinajstić information content (AvgIpc) is 2.96. The van der Waals surface area contributed by atoms with E-state index in [9.17, 15) is 18.0 Å². The van der Waals surface area contributed by atoms with Crippen molar-refractivity contribution in [3.8, 4) is 0 Å². The summed E-state index contributed by atoms with van der Waals surface area (Å²) in [5.41, 5.74) is -0.173. The minimum absolute atomic E-state index is 0.00206. The summed E-state index contributed by atoms with van der Waals surface area (Å²) < 4.78 is 47.0. The molecule has 1 aliphatic heterocycles. The molecule has 1 aromatic heterocycles. The van der Waals surface area contributed by atoms with Crippen LogP contribution in [0.2, 0.25) is 5.02 Å². The van der Waals surface area contributed by atoms with Crippen molar-refractivity contribution in [2.24, 2.45) is 0 Å². The molecular formula is C18H19ClF3N3O2. The molecule has 9 heteroatoms. The van der Waals surface area contributed by atoms with E-state index in [0.29, 0.717) is 10.6 Å². The number of carbonyl (C=O) groups is 1. The number of ether oxygens (including phenoxy) is 1. The number of esters is 1. The number of halogens is 4. The predicted octanol–water partition coefficient (Wildman–Crippen LogP) is 5.15. The Morgan fingerprint density at radius 1 is 1.26 bits per heavy atom. The largest absolute Gasteiger partial charge is 0.456 e. The lowest BCUT2D eigenvalue weighted by Crippen LogP contribution is -2.36. The van der Waals surface area contributed by atoms with Crippen molar-refractivity contribution in [3.63, 3.8) is 0 Å². The number of rotatable bonds is 2. The maximum atomic E-state index is 13.6. The second-order valence-corrected chi connectivity index (χ2v) is 7.83. The van der Waals surface area contributed by atoms with E-state index in [1.54, 1.807) is 45.0 Å². The summed E-state index contributed by atoms with van der Waals surface area (Å²) in [6, 6.07) is 4.04. The highest BCUT2D eigenvalue weighted by Crippen LogP contribution is 2.44. The number of alkyl halides is 3. The van der Waals surface area contributed by atoms with Crippen LogP contribution in [0.4, 0.5) is 19.0 Å². The molecule has 2 aromatic rings. The molecule has 2 heterocycles. The average molecular weight is 402 g/mol. The molecule has 1 aromatic carbocycles. The number of fused-ring (bicyclic) bond motifs is 1. The van der Waals surface area contributed by atoms with Gasteiger partial charge in [-0.15, -0.1) is 0 Å². The molecule has 27 heavy (non-hydrogen) atoms. The van der Waals surface area contributed by atoms with Crippen molar-refractivity contribution in [2.45, 2.75) is 51.1 Å². The SMILES string of the molecule is CC(C)(C)OC(=O)c1cnn2c1NC(c1ccc(Cl)cc1)CC2C(F)(F)F. The quantitative estimate of drug-likeness (QED) is 0.707. The summed E-state index contributed by atoms with van der Waals surface area (Å²) in [6.45, 7) is 5.05. The van der Waals surface area contributed by atoms with Gasteiger partial charge in [0.05, 0.1) is 12.2 Å². The number of hydrogen-bond acceptors (Lipinski definition) is 4. The first-order valence-electron chi connectivity index (χ1n) is 8.35. The van der Waals surface area contributed by atoms with E-state index in [1.165, 1.54) is 0 Å². The van der Waals surface area contributed by atoms with Crippen LogP contribution in [-0.2, 0) is 4.74 Å². The first-order valence-corrected chi connectivity index (χ1v) is 8.73. The number of anilines is 1. The molecule has 2 atom stereocenters. The monoisotopic (exact) mass is 401 g/mol. The fraction of sp³-hybridized carbons (Fsp3) is 0.444. The molecule has 146 valence electrons. The minimum Gasteiger partial charge on any atom is -0.456 e. The Morgan fingerprint density at radius 2 is 1.89 bits per heavy atom. The lowest BCUT2D eigenvalue weighted by Gasteiger charge is -2.34. The van der Waals surface area contributed by atoms with Crippen LogP contribution in [0.1, 0.15) is 55.2 Å². The van der Waals surface area contributed by atoms with Gasteiger partial charge < -0.3 is 10.1 Å². The van der Waals surface area contributed by atoms with E-state index < -0.39 is 29.8 Å². The lowest BCUT2D eigenvalue weighted by molar-refractivity contribution is -0.173. The lowest BCUT2D eigenvalue weighted by atomic mass is 9.96. The van der Waals surface area contributed by atoms with E-state index in [1.807, 2.05) is 0 Å². The molecule has 0 saturated heterocycles. The Morgan fingerprint density at radius 3 is 2.44 bits per heavy atom. The third kappa shape index (κ3) is 4.21. The van der Waals surface area contributed by atoms with Crippen molar-refractivity contribution < 1.29 is 22.7 Å². The molecule has 1 aliphatic rings. The second-order valence-electron chi connectivity index (χ2n) is 7.39. The fourth-order valence-electron chi connectivity index (χ4n) is 2.96. The van der Waals surface area contributed by atoms with Crippen molar-refractivity contribution >= 4 is 23.4 Å². The summed E-state index contributed by atoms with van der Waals surface area (Å²) >= 11 is 5.87. The zero-order chi connectivity index (χ0) is 20.0. The van der Waals surface area contributed by atoms with Crippen LogP contribution in [0.25, 0.3) is 0 Å². The molecule has 0 spiro atoms. The standard InChI is InChI=1S/C18H19ClF3N3O2/c1-17(2,3)27-16(26)12-9-23-25-14(18(20,21)22)8-13(24-15(12)25)10-4-6-11(19)7-5-10/h4-7,9,13-14,24H,8H2,1-3H3. The molecule has 1 N–H and O–H groups in total. The smallest absolute Gasteiger partial charge is 0.410 e. The molecule has 0 fully saturated rings. The fourth-order valence-corrected chi connectivity index (χ4v) is 3.08. The van der Waals surface area contributed by atoms with Crippen LogP contribution >= 0.6 is 11.6 Å². The third-order valence-corrected chi connectivity index (χ3v) is 4.38. The minimum atomic E-state index is -4.52. The van der Waals surface area contributed by atoms with Gasteiger partial charge in [-0.05, 0) is 38.5 Å². The Labute approximate surface area is 159 Å². The summed E-state index contributed by atoms with van der Waals surface area (Å²) in [4.78, 5) is 12.4. The third-order valence-electron chi connectivity index (χ3n) is 4.13. The van der Waals surface area contributed by atoms with Crippen molar-refractivity contribution in [1.82, 2.24) is 9.78 Å². The van der Waals surface area contributed by atoms with Gasteiger partial charge in [0, 0.05) is 11.4 Å². The highest BCUT2D eigenvalue weighted by atomic mass is 35.5. The van der Waals surface area contributed by atoms with Crippen molar-refractivity contribution in [1.29, 1.82) is 0 Å². The Kier molecular flexibility index (Phi) is 4.88. The van der Waals surface area contributed by atoms with Crippen LogP contribution in [0.3, 0.4) is 0 Å². The van der Waals surface area contributed by atoms with E-state index in [0.717, 1.165) is 10.9 Å². The van der Waals surface area contributed by atoms with Crippen LogP contribution in [-0.4, -0.2) is 27.5 Å². The Bertz CT molecular complexity index is 841. The molecule has 0 amide bonds. The van der Waals surface area contributed by atoms with Crippen molar-refractivity contribution in [2.75, 3.05) is 5.32 Å². The first kappa shape index (κ1) is 19.5. The topological polar surface area (TPSA) is 56.1 Å². The predicted molar refractivity (Wildman–Crippen MR) is 94.9 cm³/mol. The van der Waals surface area contributed by atoms with E-state index in [4.69, 9.17) is 16.3 Å². The summed E-state index contributed by atoms with van der Waals surface area (Å²) in [5, 5.41) is 7.30. The second kappa shape index (κ2) is 6.74. The highest BCUT2D eigenvalue weighted by Gasteiger charge is 2.47. The van der Waals surface area contributed by atoms with E-state index in [-0.39, 0.29) is 17.8 Å². The molecule has 0 saturated carbocycles. The Balaban J connectivity index is 2.01. The number of hydrogen-bond donors (Lipinski definition) is 1. The Hall–Kier alpha value is -2.22. The molecule has 3 rings (SSSR count). The molecular weight excluding hydrogens is 383 g/mol. The van der Waals surface area contributed by atoms with Gasteiger partial charge in [0.1, 0.15) is 17.0 Å². The first-order chi connectivity index (χ1) is 12.5. The van der Waals surface area contributed by atoms with Gasteiger partial charge in [0.25, 0.3) is 0 Å². The zero-order valence-electron chi connectivity index (χ0n) is 15.0. The summed E-state index contributed by atoms with van der Waals surface area (Å²) in [6.07, 6.45) is -3.66. The number of nitrogens with zero attached hydrogens (tertiary/aromatic N) is 2. The molecule has 0 bridgehead atoms. The van der Waals surface area contributed by atoms with Crippen LogP contribution in [0, 0.1) is 0 Å². The number of benzene rings is 1. The number of nitrogens with one attached hydrogen (secondary N) is 1. The van der Waals surface area contributed by atoms with Gasteiger partial charge in [0.2, 0.25) is 0 Å². The van der Waals surface area contributed by atoms with Gasteiger partial charge in [0.15, 0.2) is 6.04 Å². The van der Waals surface area contributed by atoms with Gasteiger partial charge in [-0.1, -0.05) is 23.7 Å². The highest BCUT2D eigenvalue weighted by molar-refractivity contribution is 6.30. The van der Waals surface area contributed by atoms with Crippen molar-refractivity contribution in [3.05, 3.63) is 46.6 Å². The van der Waals surface area contributed by atoms with Gasteiger partial charge >= 0.3 is 12.1 Å². The van der Waals surface area contributed by atoms with Crippen LogP contribution in [0.15, 0.2) is 30.5 Å². The number of aromatic nitrogens is 2.